The molecule has 0 amide bonds. The van der Waals surface area contributed by atoms with Crippen molar-refractivity contribution in [3.63, 3.8) is 0 Å². The van der Waals surface area contributed by atoms with Gasteiger partial charge in [-0.1, -0.05) is 218 Å². The van der Waals surface area contributed by atoms with E-state index in [1.54, 1.807) is 0 Å². The molecule has 0 unspecified atom stereocenters. The van der Waals surface area contributed by atoms with Crippen molar-refractivity contribution in [2.75, 3.05) is 0 Å². The van der Waals surface area contributed by atoms with E-state index < -0.39 is 0 Å². The molecule has 0 aromatic heterocycles. The molecular weight excluding hydrogens is 721 g/mol. The molecular formula is C60H36. The van der Waals surface area contributed by atoms with E-state index in [0.717, 1.165) is 0 Å². The molecule has 0 radical (unpaired) electrons. The molecule has 0 aliphatic heterocycles. The molecule has 0 heterocycles. The predicted molar refractivity (Wildman–Crippen MR) is 255 cm³/mol. The molecule has 2 aliphatic carbocycles. The van der Waals surface area contributed by atoms with Gasteiger partial charge in [0.25, 0.3) is 0 Å². The molecule has 0 fully saturated rings. The van der Waals surface area contributed by atoms with Gasteiger partial charge in [-0.25, -0.2) is 0 Å². The minimum Gasteiger partial charge on any atom is -0.0622 e. The zero-order valence-electron chi connectivity index (χ0n) is 32.8. The number of hydrogen-bond donors (Lipinski definition) is 0. The second-order valence-corrected chi connectivity index (χ2v) is 16.2. The molecule has 0 atom stereocenters. The second kappa shape index (κ2) is 12.9. The van der Waals surface area contributed by atoms with Crippen LogP contribution in [0.4, 0.5) is 0 Å². The summed E-state index contributed by atoms with van der Waals surface area (Å²) in [6.07, 6.45) is 0. The Bertz CT molecular complexity index is 3450. The maximum atomic E-state index is 2.45. The molecule has 0 saturated heterocycles. The van der Waals surface area contributed by atoms with Crippen LogP contribution in [0.5, 0.6) is 0 Å². The summed E-state index contributed by atoms with van der Waals surface area (Å²) >= 11 is 0. The monoisotopic (exact) mass is 756 g/mol. The summed E-state index contributed by atoms with van der Waals surface area (Å²) in [6.45, 7) is 0. The lowest BCUT2D eigenvalue weighted by Crippen LogP contribution is -1.95. The summed E-state index contributed by atoms with van der Waals surface area (Å²) < 4.78 is 0. The maximum absolute atomic E-state index is 2.45. The Balaban J connectivity index is 1.21. The maximum Gasteiger partial charge on any atom is -0.000718 e. The number of fused-ring (bicyclic) bond motifs is 8. The minimum absolute atomic E-state index is 1.22. The summed E-state index contributed by atoms with van der Waals surface area (Å²) in [5, 5.41) is 7.80. The lowest BCUT2D eigenvalue weighted by atomic mass is 9.80. The fourth-order valence-electron chi connectivity index (χ4n) is 10.8. The number of benzene rings is 11. The van der Waals surface area contributed by atoms with Gasteiger partial charge in [-0.3, -0.25) is 0 Å². The topological polar surface area (TPSA) is 0 Å². The van der Waals surface area contributed by atoms with Crippen LogP contribution in [0, 0.1) is 0 Å². The van der Waals surface area contributed by atoms with Gasteiger partial charge >= 0.3 is 0 Å². The first-order valence-electron chi connectivity index (χ1n) is 20.9. The summed E-state index contributed by atoms with van der Waals surface area (Å²) in [5.41, 5.74) is 23.2. The molecule has 0 N–H and O–H groups in total. The van der Waals surface area contributed by atoms with Crippen LogP contribution < -0.4 is 0 Å². The molecule has 276 valence electrons. The normalized spacial score (nSPS) is 12.0. The first-order chi connectivity index (χ1) is 29.8. The van der Waals surface area contributed by atoms with Gasteiger partial charge in [0.05, 0.1) is 0 Å². The highest BCUT2D eigenvalue weighted by Crippen LogP contribution is 2.64. The van der Waals surface area contributed by atoms with E-state index in [1.165, 1.54) is 132 Å². The molecule has 13 rings (SSSR count). The smallest absolute Gasteiger partial charge is 0.000718 e. The first kappa shape index (κ1) is 33.2. The number of hydrogen-bond acceptors (Lipinski definition) is 0. The third-order valence-corrected chi connectivity index (χ3v) is 13.1. The van der Waals surface area contributed by atoms with Crippen LogP contribution in [0.3, 0.4) is 0 Å². The molecule has 11 aromatic rings. The van der Waals surface area contributed by atoms with Crippen LogP contribution in [0.2, 0.25) is 0 Å². The van der Waals surface area contributed by atoms with E-state index in [1.807, 2.05) is 0 Å². The minimum atomic E-state index is 1.22. The van der Waals surface area contributed by atoms with Crippen molar-refractivity contribution in [1.82, 2.24) is 0 Å². The quantitative estimate of drug-likeness (QED) is 0.164. The Labute approximate surface area is 349 Å². The van der Waals surface area contributed by atoms with E-state index in [-0.39, 0.29) is 0 Å². The van der Waals surface area contributed by atoms with E-state index in [0.29, 0.717) is 0 Å². The Morgan fingerprint density at radius 2 is 0.417 bits per heavy atom. The molecule has 2 aliphatic rings. The molecule has 0 heteroatoms. The van der Waals surface area contributed by atoms with Gasteiger partial charge in [0, 0.05) is 0 Å². The Hall–Kier alpha value is -7.80. The van der Waals surface area contributed by atoms with Crippen molar-refractivity contribution in [2.24, 2.45) is 0 Å². The summed E-state index contributed by atoms with van der Waals surface area (Å²) in [7, 11) is 0. The zero-order valence-corrected chi connectivity index (χ0v) is 32.8. The Morgan fingerprint density at radius 1 is 0.150 bits per heavy atom. The van der Waals surface area contributed by atoms with E-state index in [9.17, 15) is 0 Å². The van der Waals surface area contributed by atoms with Crippen LogP contribution in [0.1, 0.15) is 0 Å². The highest BCUT2D eigenvalue weighted by Gasteiger charge is 2.37. The third-order valence-electron chi connectivity index (χ3n) is 13.1. The van der Waals surface area contributed by atoms with Crippen LogP contribution in [0.15, 0.2) is 218 Å². The highest BCUT2D eigenvalue weighted by molar-refractivity contribution is 6.35. The molecule has 0 bridgehead atoms. The van der Waals surface area contributed by atoms with E-state index >= 15 is 0 Å². The lowest BCUT2D eigenvalue weighted by Gasteiger charge is -2.22. The van der Waals surface area contributed by atoms with Gasteiger partial charge in [0.15, 0.2) is 0 Å². The van der Waals surface area contributed by atoms with Crippen molar-refractivity contribution in [2.45, 2.75) is 0 Å². The van der Waals surface area contributed by atoms with Crippen LogP contribution >= 0.6 is 0 Å². The van der Waals surface area contributed by atoms with Gasteiger partial charge in [-0.05, 0) is 132 Å². The highest BCUT2D eigenvalue weighted by atomic mass is 14.4. The largest absolute Gasteiger partial charge is 0.0622 e. The molecule has 60 heavy (non-hydrogen) atoms. The van der Waals surface area contributed by atoms with Crippen molar-refractivity contribution in [3.8, 4) is 100 Å². The second-order valence-electron chi connectivity index (χ2n) is 16.2. The Morgan fingerprint density at radius 3 is 0.783 bits per heavy atom. The summed E-state index contributed by atoms with van der Waals surface area (Å²) in [4.78, 5) is 0. The van der Waals surface area contributed by atoms with Crippen molar-refractivity contribution >= 4 is 32.3 Å². The van der Waals surface area contributed by atoms with E-state index in [2.05, 4.69) is 218 Å². The fraction of sp³-hybridized carbons (Fsp3) is 0. The van der Waals surface area contributed by atoms with Gasteiger partial charge < -0.3 is 0 Å². The number of rotatable bonds is 5. The Kier molecular flexibility index (Phi) is 7.11. The van der Waals surface area contributed by atoms with Gasteiger partial charge in [0.2, 0.25) is 0 Å². The molecule has 0 nitrogen and oxygen atoms in total. The van der Waals surface area contributed by atoms with Crippen LogP contribution in [0.25, 0.3) is 132 Å². The molecule has 11 aromatic carbocycles. The van der Waals surface area contributed by atoms with Crippen LogP contribution in [-0.2, 0) is 0 Å². The van der Waals surface area contributed by atoms with Gasteiger partial charge in [-0.2, -0.15) is 0 Å². The van der Waals surface area contributed by atoms with E-state index in [4.69, 9.17) is 0 Å². The molecule has 0 saturated carbocycles. The summed E-state index contributed by atoms with van der Waals surface area (Å²) in [6, 6.07) is 81.0. The lowest BCUT2D eigenvalue weighted by molar-refractivity contribution is 1.59. The van der Waals surface area contributed by atoms with Crippen molar-refractivity contribution in [1.29, 1.82) is 0 Å². The van der Waals surface area contributed by atoms with Crippen LogP contribution in [-0.4, -0.2) is 0 Å². The van der Waals surface area contributed by atoms with Gasteiger partial charge in [-0.15, -0.1) is 0 Å². The predicted octanol–water partition coefficient (Wildman–Crippen LogP) is 16.8. The average Bonchev–Trinajstić information content (AvgIpc) is 3.83. The van der Waals surface area contributed by atoms with Gasteiger partial charge in [0.1, 0.15) is 0 Å². The van der Waals surface area contributed by atoms with Crippen molar-refractivity contribution in [3.05, 3.63) is 218 Å². The van der Waals surface area contributed by atoms with Crippen molar-refractivity contribution < 1.29 is 0 Å². The fourth-order valence-corrected chi connectivity index (χ4v) is 10.8. The first-order valence-corrected chi connectivity index (χ1v) is 20.9. The zero-order chi connectivity index (χ0) is 39.3. The third kappa shape index (κ3) is 4.56. The molecule has 0 spiro atoms. The SMILES string of the molecule is c1ccc(-c2ccccc2-c2c3c(c(-c4ccccc4)c4ccccc24)-c2ccc4c5c(ccc-3c25)-c2c-4c(-c3ccccc3)c3ccccc3c2-c2ccccc2)cc1. The summed E-state index contributed by atoms with van der Waals surface area (Å²) in [5.74, 6) is 0. The standard InChI is InChI=1S/C60H36/c1-5-19-37(20-6-1)41-27-13-14-28-42(41)54-46-32-18-17-31-45(46)53(40-25-11-4-12-26-40)59-49-34-33-47-55-48(35-36-50(56(49)55)60(54)59)58-52(39-23-9-3-10-24-39)44-30-16-15-29-43(44)51(57(47)58)38-21-7-2-8-22-38/h1-36H. The average molecular weight is 757 g/mol.